The van der Waals surface area contributed by atoms with Gasteiger partial charge in [-0.25, -0.2) is 0 Å². The van der Waals surface area contributed by atoms with Gasteiger partial charge in [-0.3, -0.25) is 14.6 Å². The van der Waals surface area contributed by atoms with Gasteiger partial charge in [-0.1, -0.05) is 27.6 Å². The Balaban J connectivity index is 1.62. The number of amides is 2. The molecule has 0 aliphatic carbocycles. The van der Waals surface area contributed by atoms with E-state index >= 15 is 0 Å². The molecule has 3 rings (SSSR count). The Morgan fingerprint density at radius 3 is 2.52 bits per heavy atom. The number of pyridine rings is 1. The predicted molar refractivity (Wildman–Crippen MR) is 111 cm³/mol. The Hall–Kier alpha value is -2.73. The largest absolute Gasteiger partial charge is 0.351 e. The van der Waals surface area contributed by atoms with E-state index in [9.17, 15) is 9.59 Å². The van der Waals surface area contributed by atoms with Crippen molar-refractivity contribution >= 4 is 44.3 Å². The Morgan fingerprint density at radius 1 is 1.04 bits per heavy atom. The fraction of sp³-hybridized carbons (Fsp3) is 0.190. The van der Waals surface area contributed by atoms with Crippen molar-refractivity contribution in [3.63, 3.8) is 0 Å². The number of aryl methyl sites for hydroxylation is 2. The molecule has 2 N–H and O–H groups in total. The zero-order chi connectivity index (χ0) is 19.4. The van der Waals surface area contributed by atoms with Gasteiger partial charge in [0.1, 0.15) is 0 Å². The van der Waals surface area contributed by atoms with Gasteiger partial charge in [0.2, 0.25) is 5.91 Å². The van der Waals surface area contributed by atoms with Crippen molar-refractivity contribution in [1.82, 2.24) is 10.3 Å². The van der Waals surface area contributed by atoms with Gasteiger partial charge in [0.25, 0.3) is 5.91 Å². The maximum absolute atomic E-state index is 12.6. The SMILES string of the molecule is Cc1ccc2nc(C)cc(C(=O)NCCC(=O)Nc3ccc(Br)cc3)c2c1. The highest BCUT2D eigenvalue weighted by molar-refractivity contribution is 9.10. The Kier molecular flexibility index (Phi) is 5.86. The normalized spacial score (nSPS) is 10.6. The van der Waals surface area contributed by atoms with Crippen LogP contribution >= 0.6 is 15.9 Å². The van der Waals surface area contributed by atoms with Gasteiger partial charge >= 0.3 is 0 Å². The molecule has 0 radical (unpaired) electrons. The van der Waals surface area contributed by atoms with Crippen LogP contribution in [0.3, 0.4) is 0 Å². The second kappa shape index (κ2) is 8.31. The topological polar surface area (TPSA) is 71.1 Å². The summed E-state index contributed by atoms with van der Waals surface area (Å²) in [6, 6.07) is 15.0. The highest BCUT2D eigenvalue weighted by Crippen LogP contribution is 2.20. The molecule has 27 heavy (non-hydrogen) atoms. The van der Waals surface area contributed by atoms with Crippen LogP contribution in [0, 0.1) is 13.8 Å². The molecule has 3 aromatic rings. The minimum absolute atomic E-state index is 0.149. The zero-order valence-corrected chi connectivity index (χ0v) is 16.8. The molecular weight excluding hydrogens is 406 g/mol. The van der Waals surface area contributed by atoms with Crippen molar-refractivity contribution in [1.29, 1.82) is 0 Å². The van der Waals surface area contributed by atoms with E-state index in [1.165, 1.54) is 0 Å². The van der Waals surface area contributed by atoms with Crippen molar-refractivity contribution in [2.45, 2.75) is 20.3 Å². The molecule has 0 fully saturated rings. The van der Waals surface area contributed by atoms with E-state index in [0.717, 1.165) is 32.3 Å². The highest BCUT2D eigenvalue weighted by atomic mass is 79.9. The summed E-state index contributed by atoms with van der Waals surface area (Å²) in [5.41, 5.74) is 3.94. The van der Waals surface area contributed by atoms with E-state index in [2.05, 4.69) is 31.5 Å². The lowest BCUT2D eigenvalue weighted by Gasteiger charge is -2.10. The molecule has 2 aromatic carbocycles. The van der Waals surface area contributed by atoms with Gasteiger partial charge < -0.3 is 10.6 Å². The van der Waals surface area contributed by atoms with Crippen LogP contribution in [0.1, 0.15) is 28.0 Å². The minimum atomic E-state index is -0.201. The molecule has 0 bridgehead atoms. The van der Waals surface area contributed by atoms with Crippen LogP contribution < -0.4 is 10.6 Å². The van der Waals surface area contributed by atoms with Crippen LogP contribution in [0.15, 0.2) is 53.0 Å². The summed E-state index contributed by atoms with van der Waals surface area (Å²) >= 11 is 3.35. The fourth-order valence-electron chi connectivity index (χ4n) is 2.80. The lowest BCUT2D eigenvalue weighted by Crippen LogP contribution is -2.28. The molecule has 1 aromatic heterocycles. The second-order valence-corrected chi connectivity index (χ2v) is 7.31. The number of nitrogens with one attached hydrogen (secondary N) is 2. The summed E-state index contributed by atoms with van der Waals surface area (Å²) in [6.07, 6.45) is 0.197. The lowest BCUT2D eigenvalue weighted by atomic mass is 10.0. The van der Waals surface area contributed by atoms with E-state index in [1.54, 1.807) is 6.07 Å². The number of carbonyl (C=O) groups is 2. The first kappa shape index (κ1) is 19.0. The Morgan fingerprint density at radius 2 is 1.78 bits per heavy atom. The molecule has 0 saturated carbocycles. The molecule has 1 heterocycles. The summed E-state index contributed by atoms with van der Waals surface area (Å²) in [5, 5.41) is 6.45. The van der Waals surface area contributed by atoms with Crippen molar-refractivity contribution in [3.8, 4) is 0 Å². The van der Waals surface area contributed by atoms with E-state index < -0.39 is 0 Å². The van der Waals surface area contributed by atoms with Gasteiger partial charge in [0.15, 0.2) is 0 Å². The van der Waals surface area contributed by atoms with Gasteiger partial charge in [0, 0.05) is 34.2 Å². The first-order chi connectivity index (χ1) is 12.9. The third-order valence-electron chi connectivity index (χ3n) is 4.10. The molecule has 0 saturated heterocycles. The number of hydrogen-bond donors (Lipinski definition) is 2. The molecule has 0 spiro atoms. The number of carbonyl (C=O) groups excluding carboxylic acids is 2. The highest BCUT2D eigenvalue weighted by Gasteiger charge is 2.12. The van der Waals surface area contributed by atoms with Gasteiger partial charge in [-0.15, -0.1) is 0 Å². The molecule has 0 aliphatic heterocycles. The monoisotopic (exact) mass is 425 g/mol. The number of anilines is 1. The van der Waals surface area contributed by atoms with Gasteiger partial charge in [-0.2, -0.15) is 0 Å². The number of nitrogens with zero attached hydrogens (tertiary/aromatic N) is 1. The third kappa shape index (κ3) is 4.92. The van der Waals surface area contributed by atoms with Crippen molar-refractivity contribution in [3.05, 3.63) is 69.8 Å². The van der Waals surface area contributed by atoms with E-state index in [0.29, 0.717) is 5.56 Å². The lowest BCUT2D eigenvalue weighted by molar-refractivity contribution is -0.116. The smallest absolute Gasteiger partial charge is 0.252 e. The van der Waals surface area contributed by atoms with Crippen LogP contribution in [0.5, 0.6) is 0 Å². The van der Waals surface area contributed by atoms with Crippen LogP contribution in [-0.2, 0) is 4.79 Å². The molecule has 0 atom stereocenters. The number of halogens is 1. The van der Waals surface area contributed by atoms with Crippen molar-refractivity contribution < 1.29 is 9.59 Å². The molecule has 5 nitrogen and oxygen atoms in total. The van der Waals surface area contributed by atoms with Crippen molar-refractivity contribution in [2.75, 3.05) is 11.9 Å². The number of benzene rings is 2. The quantitative estimate of drug-likeness (QED) is 0.637. The van der Waals surface area contributed by atoms with Crippen LogP contribution in [-0.4, -0.2) is 23.3 Å². The first-order valence-electron chi connectivity index (χ1n) is 8.64. The summed E-state index contributed by atoms with van der Waals surface area (Å²) < 4.78 is 0.947. The molecule has 0 unspecified atom stereocenters. The fourth-order valence-corrected chi connectivity index (χ4v) is 3.07. The molecular formula is C21H20BrN3O2. The summed E-state index contributed by atoms with van der Waals surface area (Å²) in [5.74, 6) is -0.350. The molecule has 0 aliphatic rings. The van der Waals surface area contributed by atoms with Crippen LogP contribution in [0.4, 0.5) is 5.69 Å². The Labute approximate surface area is 166 Å². The van der Waals surface area contributed by atoms with E-state index in [1.807, 2.05) is 56.3 Å². The average Bonchev–Trinajstić information content (AvgIpc) is 2.63. The van der Waals surface area contributed by atoms with Gasteiger partial charge in [0.05, 0.1) is 11.1 Å². The molecule has 138 valence electrons. The third-order valence-corrected chi connectivity index (χ3v) is 4.63. The maximum Gasteiger partial charge on any atom is 0.252 e. The number of aromatic nitrogens is 1. The summed E-state index contributed by atoms with van der Waals surface area (Å²) in [6.45, 7) is 4.10. The van der Waals surface area contributed by atoms with E-state index in [4.69, 9.17) is 0 Å². The number of fused-ring (bicyclic) bond motifs is 1. The number of hydrogen-bond acceptors (Lipinski definition) is 3. The molecule has 6 heteroatoms. The molecule has 2 amide bonds. The van der Waals surface area contributed by atoms with E-state index in [-0.39, 0.29) is 24.8 Å². The first-order valence-corrected chi connectivity index (χ1v) is 9.43. The van der Waals surface area contributed by atoms with Crippen LogP contribution in [0.25, 0.3) is 10.9 Å². The maximum atomic E-state index is 12.6. The average molecular weight is 426 g/mol. The zero-order valence-electron chi connectivity index (χ0n) is 15.2. The van der Waals surface area contributed by atoms with Gasteiger partial charge in [-0.05, 0) is 56.3 Å². The number of rotatable bonds is 5. The minimum Gasteiger partial charge on any atom is -0.351 e. The second-order valence-electron chi connectivity index (χ2n) is 6.39. The summed E-state index contributed by atoms with van der Waals surface area (Å²) in [4.78, 5) is 29.1. The summed E-state index contributed by atoms with van der Waals surface area (Å²) in [7, 11) is 0. The predicted octanol–water partition coefficient (Wildman–Crippen LogP) is 4.37. The van der Waals surface area contributed by atoms with Crippen molar-refractivity contribution in [2.24, 2.45) is 0 Å². The van der Waals surface area contributed by atoms with Crippen LogP contribution in [0.2, 0.25) is 0 Å². The Bertz CT molecular complexity index is 1000. The standard InChI is InChI=1S/C21H20BrN3O2/c1-13-3-8-19-17(11-13)18(12-14(2)24-19)21(27)23-10-9-20(26)25-16-6-4-15(22)5-7-16/h3-8,11-12H,9-10H2,1-2H3,(H,23,27)(H,25,26).